The van der Waals surface area contributed by atoms with E-state index < -0.39 is 0 Å². The summed E-state index contributed by atoms with van der Waals surface area (Å²) in [6.45, 7) is 18.6. The Morgan fingerprint density at radius 2 is 1.71 bits per heavy atom. The third kappa shape index (κ3) is 4.76. The van der Waals surface area contributed by atoms with Gasteiger partial charge in [-0.15, -0.1) is 0 Å². The molecule has 1 aromatic rings. The lowest BCUT2D eigenvalue weighted by atomic mass is 9.43. The largest absolute Gasteiger partial charge is 0.462 e. The van der Waals surface area contributed by atoms with Gasteiger partial charge in [-0.3, -0.25) is 9.59 Å². The minimum absolute atomic E-state index is 0.00102. The molecule has 4 aliphatic carbocycles. The number of hydrogen-bond donors (Lipinski definition) is 0. The fourth-order valence-electron chi connectivity index (χ4n) is 10.9. The highest BCUT2D eigenvalue weighted by Gasteiger charge is 2.63. The molecule has 0 spiro atoms. The number of anilines is 1. The van der Waals surface area contributed by atoms with Gasteiger partial charge in [0.25, 0.3) is 0 Å². The molecule has 2 saturated carbocycles. The first kappa shape index (κ1) is 31.3. The van der Waals surface area contributed by atoms with Crippen molar-refractivity contribution in [3.63, 3.8) is 0 Å². The Kier molecular flexibility index (Phi) is 8.24. The minimum atomic E-state index is -0.335. The standard InChI is InChI=1S/C37H54FNO3/c1-9-39(30-13-11-10-12-29(30)38)33(41)17-14-24(2)26-18-22-37(8)28-15-16-31-34(4,5)32(42-25(3)40)20-21-35(31,6)27(28)19-23-36(26,37)7/h10-13,24,26,31-32H,9,14-23H2,1-8H3/t24-,26-,31+,32+,35-,36-,37+/m1/s1. The highest BCUT2D eigenvalue weighted by Crippen LogP contribution is 2.72. The zero-order valence-electron chi connectivity index (χ0n) is 27.4. The number of rotatable bonds is 7. The number of nitrogens with zero attached hydrogens (tertiary/aromatic N) is 1. The van der Waals surface area contributed by atoms with Crippen LogP contribution in [0.4, 0.5) is 10.1 Å². The van der Waals surface area contributed by atoms with Crippen molar-refractivity contribution in [1.29, 1.82) is 0 Å². The van der Waals surface area contributed by atoms with Crippen molar-refractivity contribution in [2.45, 2.75) is 126 Å². The van der Waals surface area contributed by atoms with Gasteiger partial charge in [0.1, 0.15) is 11.9 Å². The number of carbonyl (C=O) groups is 2. The van der Waals surface area contributed by atoms with Crippen molar-refractivity contribution < 1.29 is 18.7 Å². The van der Waals surface area contributed by atoms with E-state index in [0.29, 0.717) is 36.4 Å². The molecular formula is C37H54FNO3. The molecule has 0 aliphatic heterocycles. The molecule has 4 nitrogen and oxygen atoms in total. The summed E-state index contributed by atoms with van der Waals surface area (Å²) in [6.07, 6.45) is 10.5. The van der Waals surface area contributed by atoms with E-state index in [1.807, 2.05) is 6.92 Å². The second-order valence-electron chi connectivity index (χ2n) is 15.4. The molecule has 0 bridgehead atoms. The van der Waals surface area contributed by atoms with Gasteiger partial charge in [-0.1, -0.05) is 64.8 Å². The summed E-state index contributed by atoms with van der Waals surface area (Å²) >= 11 is 0. The molecule has 0 heterocycles. The Morgan fingerprint density at radius 3 is 2.38 bits per heavy atom. The molecule has 5 heteroatoms. The average Bonchev–Trinajstić information content (AvgIpc) is 3.21. The molecule has 0 N–H and O–H groups in total. The summed E-state index contributed by atoms with van der Waals surface area (Å²) in [7, 11) is 0. The summed E-state index contributed by atoms with van der Waals surface area (Å²) in [5, 5.41) is 0. The lowest BCUT2D eigenvalue weighted by Gasteiger charge is -2.62. The first-order valence-corrected chi connectivity index (χ1v) is 16.7. The molecular weight excluding hydrogens is 525 g/mol. The number of allylic oxidation sites excluding steroid dienone is 2. The van der Waals surface area contributed by atoms with Crippen LogP contribution in [0.15, 0.2) is 35.4 Å². The van der Waals surface area contributed by atoms with Crippen molar-refractivity contribution >= 4 is 17.6 Å². The van der Waals surface area contributed by atoms with Crippen molar-refractivity contribution in [2.75, 3.05) is 11.4 Å². The zero-order valence-corrected chi connectivity index (χ0v) is 27.4. The molecule has 1 aromatic carbocycles. The van der Waals surface area contributed by atoms with Gasteiger partial charge in [0.05, 0.1) is 5.69 Å². The predicted octanol–water partition coefficient (Wildman–Crippen LogP) is 9.28. The normalized spacial score (nSPS) is 36.0. The summed E-state index contributed by atoms with van der Waals surface area (Å²) < 4.78 is 20.3. The summed E-state index contributed by atoms with van der Waals surface area (Å²) in [5.41, 5.74) is 4.42. The highest BCUT2D eigenvalue weighted by atomic mass is 19.1. The molecule has 0 unspecified atom stereocenters. The smallest absolute Gasteiger partial charge is 0.302 e. The van der Waals surface area contributed by atoms with Crippen molar-refractivity contribution in [3.05, 3.63) is 41.2 Å². The van der Waals surface area contributed by atoms with E-state index in [1.54, 1.807) is 41.2 Å². The van der Waals surface area contributed by atoms with Gasteiger partial charge in [-0.25, -0.2) is 4.39 Å². The number of para-hydroxylation sites is 1. The average molecular weight is 580 g/mol. The molecule has 4 aliphatic rings. The number of carbonyl (C=O) groups excluding carboxylic acids is 2. The second-order valence-corrected chi connectivity index (χ2v) is 15.4. The van der Waals surface area contributed by atoms with Gasteiger partial charge in [-0.2, -0.15) is 0 Å². The maximum Gasteiger partial charge on any atom is 0.302 e. The fourth-order valence-corrected chi connectivity index (χ4v) is 10.9. The van der Waals surface area contributed by atoms with Crippen molar-refractivity contribution in [2.24, 2.45) is 39.4 Å². The van der Waals surface area contributed by atoms with E-state index in [2.05, 4.69) is 41.5 Å². The maximum absolute atomic E-state index is 14.5. The Balaban J connectivity index is 1.34. The van der Waals surface area contributed by atoms with E-state index >= 15 is 0 Å². The first-order chi connectivity index (χ1) is 19.7. The van der Waals surface area contributed by atoms with Gasteiger partial charge in [0.15, 0.2) is 0 Å². The van der Waals surface area contributed by atoms with Crippen LogP contribution in [0.25, 0.3) is 0 Å². The molecule has 5 rings (SSSR count). The number of ether oxygens (including phenoxy) is 1. The molecule has 2 fully saturated rings. The van der Waals surface area contributed by atoms with Gasteiger partial charge in [-0.05, 0) is 111 Å². The number of halogens is 1. The van der Waals surface area contributed by atoms with Crippen LogP contribution in [0.1, 0.15) is 120 Å². The van der Waals surface area contributed by atoms with Crippen LogP contribution in [0.3, 0.4) is 0 Å². The lowest BCUT2D eigenvalue weighted by Crippen LogP contribution is -2.55. The number of hydrogen-bond acceptors (Lipinski definition) is 3. The molecule has 1 amide bonds. The van der Waals surface area contributed by atoms with Crippen LogP contribution in [0.2, 0.25) is 0 Å². The molecule has 232 valence electrons. The molecule has 42 heavy (non-hydrogen) atoms. The first-order valence-electron chi connectivity index (χ1n) is 16.7. The van der Waals surface area contributed by atoms with E-state index in [0.717, 1.165) is 25.7 Å². The molecule has 0 saturated heterocycles. The monoisotopic (exact) mass is 579 g/mol. The Bertz CT molecular complexity index is 1250. The van der Waals surface area contributed by atoms with Crippen LogP contribution in [0, 0.1) is 45.2 Å². The summed E-state index contributed by atoms with van der Waals surface area (Å²) in [6, 6.07) is 6.60. The number of esters is 1. The molecule has 0 radical (unpaired) electrons. The quantitative estimate of drug-likeness (QED) is 0.239. The molecule has 7 atom stereocenters. The van der Waals surface area contributed by atoms with E-state index in [-0.39, 0.29) is 45.5 Å². The third-order valence-electron chi connectivity index (χ3n) is 13.3. The zero-order chi connectivity index (χ0) is 30.7. The Hall–Kier alpha value is -2.17. The van der Waals surface area contributed by atoms with Gasteiger partial charge in [0.2, 0.25) is 5.91 Å². The number of amides is 1. The van der Waals surface area contributed by atoms with Gasteiger partial charge < -0.3 is 9.64 Å². The van der Waals surface area contributed by atoms with E-state index in [4.69, 9.17) is 4.74 Å². The molecule has 0 aromatic heterocycles. The Labute approximate surface area is 253 Å². The predicted molar refractivity (Wildman–Crippen MR) is 167 cm³/mol. The topological polar surface area (TPSA) is 46.6 Å². The van der Waals surface area contributed by atoms with Crippen molar-refractivity contribution in [1.82, 2.24) is 0 Å². The summed E-state index contributed by atoms with van der Waals surface area (Å²) in [5.74, 6) is 1.07. The van der Waals surface area contributed by atoms with Crippen LogP contribution in [-0.2, 0) is 14.3 Å². The van der Waals surface area contributed by atoms with Gasteiger partial charge in [0, 0.05) is 25.3 Å². The van der Waals surface area contributed by atoms with Crippen LogP contribution < -0.4 is 4.90 Å². The SMILES string of the molecule is CCN(C(=O)CC[C@@H](C)[C@H]1CC[C@@]2(C)C3=C(CC[C@]12C)[C@@]1(C)CC[C@H](OC(C)=O)C(C)(C)[C@@H]1CC3)c1ccccc1F. The lowest BCUT2D eigenvalue weighted by molar-refractivity contribution is -0.167. The second kappa shape index (κ2) is 11.1. The van der Waals surface area contributed by atoms with Gasteiger partial charge >= 0.3 is 5.97 Å². The van der Waals surface area contributed by atoms with Crippen molar-refractivity contribution in [3.8, 4) is 0 Å². The van der Waals surface area contributed by atoms with E-state index in [9.17, 15) is 14.0 Å². The minimum Gasteiger partial charge on any atom is -0.462 e. The maximum atomic E-state index is 14.5. The summed E-state index contributed by atoms with van der Waals surface area (Å²) in [4.78, 5) is 26.8. The third-order valence-corrected chi connectivity index (χ3v) is 13.3. The number of fused-ring (bicyclic) bond motifs is 4. The highest BCUT2D eigenvalue weighted by molar-refractivity contribution is 5.93. The number of benzene rings is 1. The fraction of sp³-hybridized carbons (Fsp3) is 0.730. The van der Waals surface area contributed by atoms with E-state index in [1.165, 1.54) is 38.2 Å². The van der Waals surface area contributed by atoms with Crippen LogP contribution in [-0.4, -0.2) is 24.5 Å². The van der Waals surface area contributed by atoms with Crippen LogP contribution in [0.5, 0.6) is 0 Å². The Morgan fingerprint density at radius 1 is 1.00 bits per heavy atom. The van der Waals surface area contributed by atoms with Crippen LogP contribution >= 0.6 is 0 Å².